The van der Waals surface area contributed by atoms with Gasteiger partial charge in [-0.1, -0.05) is 48.5 Å². The normalized spacial score (nSPS) is 16.3. The van der Waals surface area contributed by atoms with Crippen LogP contribution in [0.2, 0.25) is 0 Å². The summed E-state index contributed by atoms with van der Waals surface area (Å²) in [6.07, 6.45) is 0. The summed E-state index contributed by atoms with van der Waals surface area (Å²) in [5, 5.41) is 7.51. The largest absolute Gasteiger partial charge is 0.368 e. The number of halogens is 1. The molecular formula is C33H36ClN5O5S. The fraction of sp³-hybridized carbons (Fsp3) is 0.242. The van der Waals surface area contributed by atoms with Gasteiger partial charge in [0.05, 0.1) is 28.7 Å². The zero-order chi connectivity index (χ0) is 31.8. The second-order valence-electron chi connectivity index (χ2n) is 11.1. The maximum absolute atomic E-state index is 14.6. The summed E-state index contributed by atoms with van der Waals surface area (Å²) < 4.78 is 29.9. The third-order valence-corrected chi connectivity index (χ3v) is 10.2. The number of nitrogens with zero attached hydrogens (tertiary/aromatic N) is 2. The molecule has 0 saturated carbocycles. The van der Waals surface area contributed by atoms with Crippen LogP contribution in [0.15, 0.2) is 89.8 Å². The number of sulfonamides is 1. The Kier molecular flexibility index (Phi) is 9.57. The maximum atomic E-state index is 14.6. The van der Waals surface area contributed by atoms with Crippen molar-refractivity contribution in [1.29, 1.82) is 0 Å². The first-order valence-corrected chi connectivity index (χ1v) is 15.6. The summed E-state index contributed by atoms with van der Waals surface area (Å²) in [5.74, 6) is -2.72. The number of nitrogens with one attached hydrogen (secondary N) is 2. The molecule has 1 heterocycles. The van der Waals surface area contributed by atoms with Gasteiger partial charge in [-0.2, -0.15) is 0 Å². The minimum Gasteiger partial charge on any atom is -0.368 e. The van der Waals surface area contributed by atoms with E-state index in [1.807, 2.05) is 43.3 Å². The van der Waals surface area contributed by atoms with E-state index in [0.717, 1.165) is 21.9 Å². The van der Waals surface area contributed by atoms with Gasteiger partial charge in [0.15, 0.2) is 0 Å². The van der Waals surface area contributed by atoms with Crippen LogP contribution in [0.3, 0.4) is 0 Å². The fourth-order valence-electron chi connectivity index (χ4n) is 5.70. The average molecular weight is 650 g/mol. The molecule has 4 aromatic rings. The van der Waals surface area contributed by atoms with Gasteiger partial charge in [-0.05, 0) is 79.2 Å². The lowest BCUT2D eigenvalue weighted by molar-refractivity contribution is -0.133. The van der Waals surface area contributed by atoms with Crippen LogP contribution < -0.4 is 25.6 Å². The second-order valence-corrected chi connectivity index (χ2v) is 13.0. The summed E-state index contributed by atoms with van der Waals surface area (Å²) in [6, 6.07) is 24.5. The highest BCUT2D eigenvalue weighted by atomic mass is 35.5. The third kappa shape index (κ3) is 6.11. The van der Waals surface area contributed by atoms with Gasteiger partial charge >= 0.3 is 0 Å². The van der Waals surface area contributed by atoms with Crippen molar-refractivity contribution < 1.29 is 22.8 Å². The van der Waals surface area contributed by atoms with E-state index in [-0.39, 0.29) is 42.0 Å². The molecule has 0 radical (unpaired) electrons. The standard InChI is InChI=1S/C33H35N5O5S.ClH/c1-21-13-14-23-9-5-6-10-26(23)27(21)19-37-29-11-7-8-12-30(29)38(20-28(31(37)40)33(3,35-4)32(34)41)44(42,43)25-17-15-24(16-18-25)36-22(2)39;/h5-18,28,35H,19-20H2,1-4H3,(H2,34,41)(H,36,39);1H/t28-,33?;/m1./s1. The van der Waals surface area contributed by atoms with Crippen molar-refractivity contribution in [1.82, 2.24) is 5.32 Å². The lowest BCUT2D eigenvalue weighted by atomic mass is 9.83. The molecule has 1 aliphatic rings. The zero-order valence-electron chi connectivity index (χ0n) is 25.4. The number of amides is 3. The summed E-state index contributed by atoms with van der Waals surface area (Å²) >= 11 is 0. The molecule has 0 aliphatic carbocycles. The number of rotatable bonds is 8. The van der Waals surface area contributed by atoms with Gasteiger partial charge in [-0.3, -0.25) is 18.7 Å². The summed E-state index contributed by atoms with van der Waals surface area (Å²) in [7, 11) is -2.75. The SMILES string of the molecule is CNC(C)(C(N)=O)[C@@H]1CN(S(=O)(=O)c2ccc(NC(C)=O)cc2)c2ccccc2N(Cc2c(C)ccc3ccccc23)C1=O.Cl. The monoisotopic (exact) mass is 649 g/mol. The number of anilines is 3. The number of hydrogen-bond donors (Lipinski definition) is 3. The minimum absolute atomic E-state index is 0. The van der Waals surface area contributed by atoms with Gasteiger partial charge in [0.25, 0.3) is 10.0 Å². The number of primary amides is 1. The van der Waals surface area contributed by atoms with Crippen LogP contribution in [0.4, 0.5) is 17.1 Å². The Morgan fingerprint density at radius 3 is 2.20 bits per heavy atom. The maximum Gasteiger partial charge on any atom is 0.264 e. The van der Waals surface area contributed by atoms with Gasteiger partial charge in [0.2, 0.25) is 17.7 Å². The molecule has 1 aliphatic heterocycles. The topological polar surface area (TPSA) is 142 Å². The first kappa shape index (κ1) is 33.4. The zero-order valence-corrected chi connectivity index (χ0v) is 27.0. The Balaban J connectivity index is 0.00000461. The van der Waals surface area contributed by atoms with Gasteiger partial charge < -0.3 is 21.3 Å². The van der Waals surface area contributed by atoms with Gasteiger partial charge in [0, 0.05) is 19.2 Å². The van der Waals surface area contributed by atoms with E-state index >= 15 is 0 Å². The lowest BCUT2D eigenvalue weighted by Crippen LogP contribution is -2.63. The number of para-hydroxylation sites is 2. The number of aryl methyl sites for hydroxylation is 1. The Labute approximate surface area is 269 Å². The highest BCUT2D eigenvalue weighted by molar-refractivity contribution is 7.92. The molecule has 10 nitrogen and oxygen atoms in total. The first-order valence-electron chi connectivity index (χ1n) is 14.2. The van der Waals surface area contributed by atoms with Crippen LogP contribution in [0.1, 0.15) is 25.0 Å². The molecule has 236 valence electrons. The minimum atomic E-state index is -4.27. The van der Waals surface area contributed by atoms with E-state index in [4.69, 9.17) is 5.73 Å². The molecule has 1 unspecified atom stereocenters. The Hall–Kier alpha value is -4.45. The van der Waals surface area contributed by atoms with Crippen molar-refractivity contribution in [2.75, 3.05) is 28.1 Å². The van der Waals surface area contributed by atoms with E-state index < -0.39 is 33.3 Å². The molecule has 3 amide bonds. The van der Waals surface area contributed by atoms with E-state index in [9.17, 15) is 22.8 Å². The fourth-order valence-corrected chi connectivity index (χ4v) is 7.19. The van der Waals surface area contributed by atoms with Crippen LogP contribution >= 0.6 is 12.4 Å². The van der Waals surface area contributed by atoms with Crippen molar-refractivity contribution in [3.63, 3.8) is 0 Å². The van der Waals surface area contributed by atoms with Gasteiger partial charge in [-0.15, -0.1) is 12.4 Å². The van der Waals surface area contributed by atoms with Crippen LogP contribution in [0, 0.1) is 12.8 Å². The van der Waals surface area contributed by atoms with Gasteiger partial charge in [-0.25, -0.2) is 8.42 Å². The lowest BCUT2D eigenvalue weighted by Gasteiger charge is -2.36. The van der Waals surface area contributed by atoms with Crippen molar-refractivity contribution in [3.8, 4) is 0 Å². The third-order valence-electron chi connectivity index (χ3n) is 8.44. The van der Waals surface area contributed by atoms with Crippen molar-refractivity contribution in [3.05, 3.63) is 96.1 Å². The molecule has 0 bridgehead atoms. The molecule has 0 fully saturated rings. The van der Waals surface area contributed by atoms with Crippen LogP contribution in [-0.4, -0.2) is 45.3 Å². The molecule has 4 aromatic carbocycles. The van der Waals surface area contributed by atoms with E-state index in [2.05, 4.69) is 10.6 Å². The van der Waals surface area contributed by atoms with Gasteiger partial charge in [0.1, 0.15) is 5.54 Å². The Bertz CT molecular complexity index is 1880. The van der Waals surface area contributed by atoms with Crippen LogP contribution in [-0.2, 0) is 31.0 Å². The smallest absolute Gasteiger partial charge is 0.264 e. The van der Waals surface area contributed by atoms with Crippen LogP contribution in [0.5, 0.6) is 0 Å². The first-order chi connectivity index (χ1) is 20.9. The number of hydrogen-bond acceptors (Lipinski definition) is 6. The number of fused-ring (bicyclic) bond motifs is 2. The van der Waals surface area contributed by atoms with Crippen molar-refractivity contribution in [2.45, 2.75) is 37.8 Å². The number of likely N-dealkylation sites (N-methyl/N-ethyl adjacent to an activating group) is 1. The van der Waals surface area contributed by atoms with E-state index in [0.29, 0.717) is 11.4 Å². The summed E-state index contributed by atoms with van der Waals surface area (Å²) in [6.45, 7) is 4.63. The molecule has 0 saturated heterocycles. The number of benzene rings is 4. The molecule has 0 spiro atoms. The summed E-state index contributed by atoms with van der Waals surface area (Å²) in [4.78, 5) is 40.6. The highest BCUT2D eigenvalue weighted by Crippen LogP contribution is 2.41. The molecule has 5 rings (SSSR count). The summed E-state index contributed by atoms with van der Waals surface area (Å²) in [5.41, 5.74) is 7.26. The molecule has 0 aromatic heterocycles. The van der Waals surface area contributed by atoms with Crippen molar-refractivity contribution in [2.24, 2.45) is 11.7 Å². The predicted molar refractivity (Wildman–Crippen MR) is 179 cm³/mol. The second kappa shape index (κ2) is 12.9. The van der Waals surface area contributed by atoms with Crippen LogP contribution in [0.25, 0.3) is 10.8 Å². The molecular weight excluding hydrogens is 614 g/mol. The number of nitrogens with two attached hydrogens (primary N) is 1. The highest BCUT2D eigenvalue weighted by Gasteiger charge is 2.49. The Morgan fingerprint density at radius 1 is 0.956 bits per heavy atom. The molecule has 12 heteroatoms. The van der Waals surface area contributed by atoms with Crippen molar-refractivity contribution >= 4 is 68.0 Å². The molecule has 45 heavy (non-hydrogen) atoms. The Morgan fingerprint density at radius 2 is 1.58 bits per heavy atom. The quantitative estimate of drug-likeness (QED) is 0.259. The van der Waals surface area contributed by atoms with E-state index in [1.54, 1.807) is 29.2 Å². The predicted octanol–water partition coefficient (Wildman–Crippen LogP) is 4.35. The number of carbonyl (C=O) groups is 3. The molecule has 4 N–H and O–H groups in total. The average Bonchev–Trinajstić information content (AvgIpc) is 3.12. The number of carbonyl (C=O) groups excluding carboxylic acids is 3. The molecule has 2 atom stereocenters. The van der Waals surface area contributed by atoms with E-state index in [1.165, 1.54) is 49.5 Å².